The van der Waals surface area contributed by atoms with Crippen LogP contribution in [0.5, 0.6) is 5.75 Å². The molecule has 0 aliphatic heterocycles. The highest BCUT2D eigenvalue weighted by molar-refractivity contribution is 7.98. The molecule has 0 aliphatic carbocycles. The molecule has 2 aromatic rings. The molecule has 0 aromatic heterocycles. The number of rotatable bonds is 4. The monoisotopic (exact) mass is 263 g/mol. The molecular weight excluding hydrogens is 249 g/mol. The standard InChI is InChI=1S/C14H14FNOS/c1-17-14-7-2-10(8-13(14)16)9-18-12-5-3-11(15)4-6-12/h2-8H,9,16H2,1H3. The van der Waals surface area contributed by atoms with Crippen molar-refractivity contribution in [2.45, 2.75) is 10.6 Å². The van der Waals surface area contributed by atoms with Gasteiger partial charge in [-0.05, 0) is 42.0 Å². The molecule has 0 radical (unpaired) electrons. The average Bonchev–Trinajstić information content (AvgIpc) is 2.38. The maximum Gasteiger partial charge on any atom is 0.141 e. The highest BCUT2D eigenvalue weighted by atomic mass is 32.2. The molecule has 0 heterocycles. The van der Waals surface area contributed by atoms with Crippen molar-refractivity contribution < 1.29 is 9.13 Å². The topological polar surface area (TPSA) is 35.2 Å². The minimum atomic E-state index is -0.215. The first kappa shape index (κ1) is 12.8. The molecule has 0 fully saturated rings. The van der Waals surface area contributed by atoms with Gasteiger partial charge in [0.2, 0.25) is 0 Å². The molecule has 0 spiro atoms. The molecule has 4 heteroatoms. The van der Waals surface area contributed by atoms with Crippen LogP contribution in [0, 0.1) is 5.82 Å². The van der Waals surface area contributed by atoms with E-state index in [4.69, 9.17) is 10.5 Å². The Morgan fingerprint density at radius 1 is 1.17 bits per heavy atom. The number of hydrogen-bond donors (Lipinski definition) is 1. The molecule has 18 heavy (non-hydrogen) atoms. The number of methoxy groups -OCH3 is 1. The van der Waals surface area contributed by atoms with E-state index in [1.54, 1.807) is 31.0 Å². The van der Waals surface area contributed by atoms with E-state index >= 15 is 0 Å². The third kappa shape index (κ3) is 3.17. The Morgan fingerprint density at radius 3 is 2.50 bits per heavy atom. The van der Waals surface area contributed by atoms with Crippen LogP contribution in [0.1, 0.15) is 5.56 Å². The van der Waals surface area contributed by atoms with E-state index in [1.165, 1.54) is 12.1 Å². The molecule has 0 amide bonds. The van der Waals surface area contributed by atoms with Gasteiger partial charge >= 0.3 is 0 Å². The summed E-state index contributed by atoms with van der Waals surface area (Å²) in [7, 11) is 1.60. The molecule has 0 saturated carbocycles. The predicted molar refractivity (Wildman–Crippen MR) is 73.4 cm³/mol. The summed E-state index contributed by atoms with van der Waals surface area (Å²) in [5.41, 5.74) is 7.58. The Kier molecular flexibility index (Phi) is 4.10. The zero-order chi connectivity index (χ0) is 13.0. The van der Waals surface area contributed by atoms with Crippen molar-refractivity contribution in [1.29, 1.82) is 0 Å². The molecule has 0 atom stereocenters. The minimum absolute atomic E-state index is 0.215. The Morgan fingerprint density at radius 2 is 1.89 bits per heavy atom. The Balaban J connectivity index is 2.02. The molecule has 0 aliphatic rings. The van der Waals surface area contributed by atoms with Crippen LogP contribution in [-0.4, -0.2) is 7.11 Å². The van der Waals surface area contributed by atoms with Gasteiger partial charge in [0.05, 0.1) is 12.8 Å². The van der Waals surface area contributed by atoms with E-state index in [0.29, 0.717) is 11.4 Å². The summed E-state index contributed by atoms with van der Waals surface area (Å²) >= 11 is 1.64. The lowest BCUT2D eigenvalue weighted by molar-refractivity contribution is 0.417. The van der Waals surface area contributed by atoms with E-state index in [-0.39, 0.29) is 5.82 Å². The summed E-state index contributed by atoms with van der Waals surface area (Å²) in [6.45, 7) is 0. The second-order valence-corrected chi connectivity index (χ2v) is 4.87. The number of ether oxygens (including phenoxy) is 1. The number of hydrogen-bond acceptors (Lipinski definition) is 3. The van der Waals surface area contributed by atoms with Crippen LogP contribution in [0.3, 0.4) is 0 Å². The molecule has 0 saturated heterocycles. The third-order valence-corrected chi connectivity index (χ3v) is 3.60. The van der Waals surface area contributed by atoms with Crippen molar-refractivity contribution in [3.63, 3.8) is 0 Å². The Labute approximate surface area is 110 Å². The number of anilines is 1. The largest absolute Gasteiger partial charge is 0.495 e. The SMILES string of the molecule is COc1ccc(CSc2ccc(F)cc2)cc1N. The van der Waals surface area contributed by atoms with Crippen LogP contribution in [0.2, 0.25) is 0 Å². The fraction of sp³-hybridized carbons (Fsp3) is 0.143. The van der Waals surface area contributed by atoms with Crippen molar-refractivity contribution in [3.8, 4) is 5.75 Å². The highest BCUT2D eigenvalue weighted by Crippen LogP contribution is 2.27. The lowest BCUT2D eigenvalue weighted by atomic mass is 10.2. The maximum absolute atomic E-state index is 12.7. The van der Waals surface area contributed by atoms with Crippen LogP contribution in [0.15, 0.2) is 47.4 Å². The fourth-order valence-electron chi connectivity index (χ4n) is 1.57. The van der Waals surface area contributed by atoms with Gasteiger partial charge in [0.15, 0.2) is 0 Å². The van der Waals surface area contributed by atoms with Crippen molar-refractivity contribution in [2.24, 2.45) is 0 Å². The van der Waals surface area contributed by atoms with Crippen LogP contribution in [0.4, 0.5) is 10.1 Å². The van der Waals surface area contributed by atoms with Gasteiger partial charge in [-0.1, -0.05) is 6.07 Å². The fourth-order valence-corrected chi connectivity index (χ4v) is 2.41. The molecule has 2 N–H and O–H groups in total. The predicted octanol–water partition coefficient (Wildman–Crippen LogP) is 3.71. The van der Waals surface area contributed by atoms with E-state index in [1.807, 2.05) is 18.2 Å². The van der Waals surface area contributed by atoms with Crippen LogP contribution < -0.4 is 10.5 Å². The van der Waals surface area contributed by atoms with Crippen LogP contribution >= 0.6 is 11.8 Å². The summed E-state index contributed by atoms with van der Waals surface area (Å²) in [6.07, 6.45) is 0. The number of thioether (sulfide) groups is 1. The van der Waals surface area contributed by atoms with Crippen molar-refractivity contribution in [2.75, 3.05) is 12.8 Å². The van der Waals surface area contributed by atoms with E-state index in [9.17, 15) is 4.39 Å². The lowest BCUT2D eigenvalue weighted by Crippen LogP contribution is -1.93. The number of nitrogen functional groups attached to an aromatic ring is 1. The second kappa shape index (κ2) is 5.78. The smallest absolute Gasteiger partial charge is 0.141 e. The first-order valence-corrected chi connectivity index (χ1v) is 6.48. The van der Waals surface area contributed by atoms with Crippen molar-refractivity contribution in [1.82, 2.24) is 0 Å². The lowest BCUT2D eigenvalue weighted by Gasteiger charge is -2.07. The third-order valence-electron chi connectivity index (χ3n) is 2.51. The maximum atomic E-state index is 12.7. The molecule has 0 unspecified atom stereocenters. The minimum Gasteiger partial charge on any atom is -0.495 e. The molecule has 2 nitrogen and oxygen atoms in total. The normalized spacial score (nSPS) is 10.3. The number of nitrogens with two attached hydrogens (primary N) is 1. The van der Waals surface area contributed by atoms with Crippen molar-refractivity contribution in [3.05, 3.63) is 53.8 Å². The number of halogens is 1. The van der Waals surface area contributed by atoms with Gasteiger partial charge in [-0.3, -0.25) is 0 Å². The molecule has 2 rings (SSSR count). The second-order valence-electron chi connectivity index (χ2n) is 3.82. The van der Waals surface area contributed by atoms with Gasteiger partial charge in [-0.15, -0.1) is 11.8 Å². The van der Waals surface area contributed by atoms with Gasteiger partial charge in [0.25, 0.3) is 0 Å². The van der Waals surface area contributed by atoms with E-state index in [0.717, 1.165) is 16.2 Å². The average molecular weight is 263 g/mol. The highest BCUT2D eigenvalue weighted by Gasteiger charge is 2.02. The number of benzene rings is 2. The zero-order valence-corrected chi connectivity index (χ0v) is 10.8. The molecule has 0 bridgehead atoms. The summed E-state index contributed by atoms with van der Waals surface area (Å²) < 4.78 is 17.8. The molecule has 2 aromatic carbocycles. The Bertz CT molecular complexity index is 528. The first-order valence-electron chi connectivity index (χ1n) is 5.50. The van der Waals surface area contributed by atoms with E-state index in [2.05, 4.69) is 0 Å². The van der Waals surface area contributed by atoms with Crippen LogP contribution in [-0.2, 0) is 5.75 Å². The quantitative estimate of drug-likeness (QED) is 0.674. The van der Waals surface area contributed by atoms with Gasteiger partial charge in [0, 0.05) is 10.6 Å². The van der Waals surface area contributed by atoms with Gasteiger partial charge in [0.1, 0.15) is 11.6 Å². The van der Waals surface area contributed by atoms with Gasteiger partial charge in [-0.25, -0.2) is 4.39 Å². The van der Waals surface area contributed by atoms with Gasteiger partial charge < -0.3 is 10.5 Å². The van der Waals surface area contributed by atoms with E-state index < -0.39 is 0 Å². The summed E-state index contributed by atoms with van der Waals surface area (Å²) in [5, 5.41) is 0. The first-order chi connectivity index (χ1) is 8.69. The molecular formula is C14H14FNOS. The Hall–Kier alpha value is -1.68. The molecule has 94 valence electrons. The van der Waals surface area contributed by atoms with Crippen molar-refractivity contribution >= 4 is 17.4 Å². The van der Waals surface area contributed by atoms with Gasteiger partial charge in [-0.2, -0.15) is 0 Å². The summed E-state index contributed by atoms with van der Waals surface area (Å²) in [5.74, 6) is 1.26. The summed E-state index contributed by atoms with van der Waals surface area (Å²) in [6, 6.07) is 12.2. The van der Waals surface area contributed by atoms with Crippen LogP contribution in [0.25, 0.3) is 0 Å². The zero-order valence-electron chi connectivity index (χ0n) is 10.0. The summed E-state index contributed by atoms with van der Waals surface area (Å²) in [4.78, 5) is 1.03.